The molecule has 13 heavy (non-hydrogen) atoms. The van der Waals surface area contributed by atoms with Crippen molar-refractivity contribution in [2.75, 3.05) is 0 Å². The molecule has 0 bridgehead atoms. The predicted octanol–water partition coefficient (Wildman–Crippen LogP) is 0.725. The van der Waals surface area contributed by atoms with Crippen LogP contribution in [0.3, 0.4) is 0 Å². The first-order chi connectivity index (χ1) is 5.95. The van der Waals surface area contributed by atoms with Crippen LogP contribution in [0.15, 0.2) is 23.6 Å². The van der Waals surface area contributed by atoms with E-state index in [-0.39, 0.29) is 0 Å². The Bertz CT molecular complexity index is 329. The first-order valence-electron chi connectivity index (χ1n) is 2.69. The van der Waals surface area contributed by atoms with Crippen LogP contribution in [-0.2, 0) is 14.1 Å². The highest BCUT2D eigenvalue weighted by Gasteiger charge is 1.97. The molecule has 9 heteroatoms. The monoisotopic (exact) mass is 244 g/mol. The highest BCUT2D eigenvalue weighted by molar-refractivity contribution is 7.81. The van der Waals surface area contributed by atoms with Gasteiger partial charge in [0, 0.05) is 12.4 Å². The maximum Gasteiger partial charge on any atom is 0.413 e. The van der Waals surface area contributed by atoms with Gasteiger partial charge in [-0.05, 0) is 6.07 Å². The van der Waals surface area contributed by atoms with Gasteiger partial charge in [0.05, 0.1) is 11.9 Å². The van der Waals surface area contributed by atoms with Crippen LogP contribution in [0.25, 0.3) is 0 Å². The Labute approximate surface area is 85.5 Å². The number of hydrogen-bond donors (Lipinski definition) is 2. The van der Waals surface area contributed by atoms with Gasteiger partial charge < -0.3 is 0 Å². The molecule has 1 N–H and O–H groups in total. The quantitative estimate of drug-likeness (QED) is 0.430. The third-order valence-corrected chi connectivity index (χ3v) is 1.50. The minimum Gasteiger partial charge on any atom is -0.263 e. The predicted molar refractivity (Wildman–Crippen MR) is 47.8 cm³/mol. The van der Waals surface area contributed by atoms with E-state index < -0.39 is 10.4 Å². The standard InChI is InChI=1S/C4H4N2S.ClHO4S/c7-4-5-2-1-3-6-4;1-5-6(2,3)4/h1-3H,(H,5,6,7);(H,2,3,4). The fourth-order valence-electron chi connectivity index (χ4n) is 0.291. The Hall–Kier alpha value is -0.410. The molecule has 1 heterocycles. The summed E-state index contributed by atoms with van der Waals surface area (Å²) in [6.45, 7) is 0. The van der Waals surface area contributed by atoms with E-state index >= 15 is 0 Å². The first kappa shape index (κ1) is 12.6. The van der Waals surface area contributed by atoms with Crippen LogP contribution in [-0.4, -0.2) is 22.9 Å². The molecule has 0 atom stereocenters. The van der Waals surface area contributed by atoms with Crippen LogP contribution in [0.2, 0.25) is 0 Å². The number of thiol groups is 1. The Morgan fingerprint density at radius 3 is 2.00 bits per heavy atom. The molecule has 0 aromatic carbocycles. The van der Waals surface area contributed by atoms with Crippen LogP contribution in [0, 0.1) is 0 Å². The van der Waals surface area contributed by atoms with Gasteiger partial charge >= 0.3 is 10.4 Å². The van der Waals surface area contributed by atoms with Crippen LogP contribution in [0.1, 0.15) is 0 Å². The Morgan fingerprint density at radius 1 is 1.46 bits per heavy atom. The zero-order valence-corrected chi connectivity index (χ0v) is 8.50. The summed E-state index contributed by atoms with van der Waals surface area (Å²) in [6, 6.07) is 1.75. The van der Waals surface area contributed by atoms with Crippen molar-refractivity contribution in [3.63, 3.8) is 0 Å². The molecule has 0 saturated carbocycles. The van der Waals surface area contributed by atoms with Gasteiger partial charge in [-0.3, -0.25) is 4.55 Å². The molecule has 6 nitrogen and oxygen atoms in total. The molecule has 1 aromatic rings. The second-order valence-corrected chi connectivity index (χ2v) is 3.30. The fraction of sp³-hybridized carbons (Fsp3) is 0. The van der Waals surface area contributed by atoms with Gasteiger partial charge in [0.15, 0.2) is 5.16 Å². The lowest BCUT2D eigenvalue weighted by Crippen LogP contribution is -1.92. The van der Waals surface area contributed by atoms with E-state index in [9.17, 15) is 8.42 Å². The molecule has 1 rings (SSSR count). The summed E-state index contributed by atoms with van der Waals surface area (Å²) in [5, 5.41) is 0.516. The van der Waals surface area contributed by atoms with E-state index in [0.29, 0.717) is 5.16 Å². The highest BCUT2D eigenvalue weighted by Crippen LogP contribution is 1.89. The van der Waals surface area contributed by atoms with Crippen molar-refractivity contribution in [1.29, 1.82) is 0 Å². The zero-order chi connectivity index (χ0) is 10.3. The van der Waals surface area contributed by atoms with Gasteiger partial charge in [-0.1, -0.05) is 0 Å². The number of halogens is 1. The Morgan fingerprint density at radius 2 is 1.85 bits per heavy atom. The van der Waals surface area contributed by atoms with Gasteiger partial charge in [-0.15, -0.1) is 16.4 Å². The molecule has 0 unspecified atom stereocenters. The summed E-state index contributed by atoms with van der Waals surface area (Å²) < 4.78 is 28.8. The summed E-state index contributed by atoms with van der Waals surface area (Å²) in [7, 11) is -4.40. The first-order valence-corrected chi connectivity index (χ1v) is 4.81. The van der Waals surface area contributed by atoms with Gasteiger partial charge in [-0.2, -0.15) is 8.42 Å². The maximum atomic E-state index is 9.20. The summed E-state index contributed by atoms with van der Waals surface area (Å²) in [4.78, 5) is 7.46. The molecule has 0 amide bonds. The highest BCUT2D eigenvalue weighted by atomic mass is 35.5. The van der Waals surface area contributed by atoms with Gasteiger partial charge in [-0.25, -0.2) is 9.97 Å². The largest absolute Gasteiger partial charge is 0.413 e. The smallest absolute Gasteiger partial charge is 0.263 e. The van der Waals surface area contributed by atoms with Crippen molar-refractivity contribution >= 4 is 34.9 Å². The van der Waals surface area contributed by atoms with Crippen molar-refractivity contribution in [2.24, 2.45) is 0 Å². The van der Waals surface area contributed by atoms with E-state index in [1.54, 1.807) is 18.5 Å². The van der Waals surface area contributed by atoms with Crippen LogP contribution in [0.5, 0.6) is 0 Å². The number of rotatable bonds is 1. The lowest BCUT2D eigenvalue weighted by Gasteiger charge is -1.80. The molecular formula is C4H5ClN2O4S2. The van der Waals surface area contributed by atoms with Crippen LogP contribution < -0.4 is 0 Å². The third-order valence-electron chi connectivity index (χ3n) is 0.632. The van der Waals surface area contributed by atoms with E-state index in [0.717, 1.165) is 0 Å². The zero-order valence-electron chi connectivity index (χ0n) is 6.03. The molecule has 1 aromatic heterocycles. The van der Waals surface area contributed by atoms with Crippen molar-refractivity contribution < 1.29 is 16.7 Å². The molecule has 0 aliphatic carbocycles. The maximum absolute atomic E-state index is 9.20. The van der Waals surface area contributed by atoms with Crippen LogP contribution in [0.4, 0.5) is 0 Å². The molecule has 74 valence electrons. The average Bonchev–Trinajstić information content (AvgIpc) is 2.06. The van der Waals surface area contributed by atoms with Gasteiger partial charge in [0.25, 0.3) is 0 Å². The Balaban J connectivity index is 0.000000226. The SMILES string of the molecule is O=S(=O)(O)OCl.Sc1ncccn1. The average molecular weight is 245 g/mol. The van der Waals surface area contributed by atoms with Crippen molar-refractivity contribution in [3.05, 3.63) is 18.5 Å². The molecule has 0 radical (unpaired) electrons. The van der Waals surface area contributed by atoms with E-state index in [4.69, 9.17) is 4.55 Å². The fourth-order valence-corrected chi connectivity index (χ4v) is 0.425. The van der Waals surface area contributed by atoms with Gasteiger partial charge in [0.2, 0.25) is 0 Å². The lowest BCUT2D eigenvalue weighted by molar-refractivity contribution is 0.400. The second kappa shape index (κ2) is 6.11. The van der Waals surface area contributed by atoms with E-state index in [2.05, 4.69) is 38.2 Å². The van der Waals surface area contributed by atoms with E-state index in [1.165, 1.54) is 0 Å². The molecule has 0 spiro atoms. The second-order valence-electron chi connectivity index (χ2n) is 1.54. The van der Waals surface area contributed by atoms with Crippen molar-refractivity contribution in [2.45, 2.75) is 5.16 Å². The molecule has 0 aliphatic heterocycles. The topological polar surface area (TPSA) is 89.4 Å². The van der Waals surface area contributed by atoms with Crippen molar-refractivity contribution in [1.82, 2.24) is 9.97 Å². The van der Waals surface area contributed by atoms with Gasteiger partial charge in [0.1, 0.15) is 0 Å². The normalized spacial score (nSPS) is 10.1. The summed E-state index contributed by atoms with van der Waals surface area (Å²) in [5.74, 6) is 0. The van der Waals surface area contributed by atoms with Crippen LogP contribution >= 0.6 is 24.5 Å². The molecule has 0 saturated heterocycles. The minimum atomic E-state index is -4.40. The Kier molecular flexibility index (Phi) is 5.91. The summed E-state index contributed by atoms with van der Waals surface area (Å²) in [5.41, 5.74) is 0. The van der Waals surface area contributed by atoms with Crippen molar-refractivity contribution in [3.8, 4) is 0 Å². The molecular weight excluding hydrogens is 240 g/mol. The number of aromatic nitrogens is 2. The summed E-state index contributed by atoms with van der Waals surface area (Å²) >= 11 is 8.00. The summed E-state index contributed by atoms with van der Waals surface area (Å²) in [6.07, 6.45) is 3.30. The lowest BCUT2D eigenvalue weighted by atomic mass is 10.7. The minimum absolute atomic E-state index is 0.516. The number of hydrogen-bond acceptors (Lipinski definition) is 6. The molecule has 0 fully saturated rings. The third kappa shape index (κ3) is 9.50. The van der Waals surface area contributed by atoms with E-state index in [1.807, 2.05) is 0 Å². The number of nitrogens with zero attached hydrogens (tertiary/aromatic N) is 2. The molecule has 0 aliphatic rings.